The molecule has 0 spiro atoms. The van der Waals surface area contributed by atoms with Crippen molar-refractivity contribution in [3.8, 4) is 0 Å². The molecule has 1 unspecified atom stereocenters. The molecule has 0 saturated carbocycles. The highest BCUT2D eigenvalue weighted by Gasteiger charge is 2.33. The molecular formula is C13H20N2O3S. The molecule has 0 aliphatic carbocycles. The molecule has 1 fully saturated rings. The Balaban J connectivity index is 2.15. The highest BCUT2D eigenvalue weighted by Crippen LogP contribution is 2.30. The van der Waals surface area contributed by atoms with Crippen LogP contribution in [0.4, 0.5) is 0 Å². The largest absolute Gasteiger partial charge is 0.481 e. The van der Waals surface area contributed by atoms with Crippen molar-refractivity contribution in [1.29, 1.82) is 0 Å². The smallest absolute Gasteiger partial charge is 0.315 e. The number of thiazole rings is 1. The lowest BCUT2D eigenvalue weighted by Gasteiger charge is -2.30. The number of rotatable bonds is 4. The number of carboxylic acids is 1. The number of hydrogen-bond acceptors (Lipinski definition) is 5. The summed E-state index contributed by atoms with van der Waals surface area (Å²) in [5.41, 5.74) is -0.342. The molecule has 0 amide bonds. The van der Waals surface area contributed by atoms with Gasteiger partial charge in [0.05, 0.1) is 12.3 Å². The Bertz CT molecular complexity index is 458. The minimum absolute atomic E-state index is 0.0305. The number of hydrogen-bond donors (Lipinski definition) is 1. The normalized spacial score (nSPS) is 21.5. The van der Waals surface area contributed by atoms with Gasteiger partial charge in [-0.2, -0.15) is 0 Å². The standard InChI is InChI=1S/C13H20N2O3S/c1-4-15-5-6-18-9(7-15)11-14-10(8-19-11)13(2,3)12(16)17/h8-9H,4-7H2,1-3H3,(H,16,17). The van der Waals surface area contributed by atoms with E-state index in [9.17, 15) is 9.90 Å². The number of likely N-dealkylation sites (N-methyl/N-ethyl adjacent to an activating group) is 1. The van der Waals surface area contributed by atoms with Crippen LogP contribution in [-0.4, -0.2) is 47.2 Å². The summed E-state index contributed by atoms with van der Waals surface area (Å²) in [7, 11) is 0. The molecule has 2 rings (SSSR count). The van der Waals surface area contributed by atoms with Gasteiger partial charge in [-0.15, -0.1) is 11.3 Å². The Morgan fingerprint density at radius 2 is 2.42 bits per heavy atom. The van der Waals surface area contributed by atoms with Crippen LogP contribution < -0.4 is 0 Å². The first-order valence-electron chi connectivity index (χ1n) is 6.48. The lowest BCUT2D eigenvalue weighted by atomic mass is 9.90. The molecule has 1 N–H and O–H groups in total. The van der Waals surface area contributed by atoms with Gasteiger partial charge in [-0.3, -0.25) is 9.69 Å². The van der Waals surface area contributed by atoms with Crippen LogP contribution in [0, 0.1) is 0 Å². The first kappa shape index (κ1) is 14.4. The van der Waals surface area contributed by atoms with Crippen molar-refractivity contribution in [2.24, 2.45) is 0 Å². The third kappa shape index (κ3) is 2.96. The molecule has 0 bridgehead atoms. The van der Waals surface area contributed by atoms with Gasteiger partial charge in [-0.1, -0.05) is 6.92 Å². The van der Waals surface area contributed by atoms with Crippen LogP contribution in [0.1, 0.15) is 37.6 Å². The van der Waals surface area contributed by atoms with Gasteiger partial charge in [-0.25, -0.2) is 4.98 Å². The Morgan fingerprint density at radius 1 is 1.68 bits per heavy atom. The average molecular weight is 284 g/mol. The molecule has 106 valence electrons. The van der Waals surface area contributed by atoms with E-state index in [-0.39, 0.29) is 6.10 Å². The topological polar surface area (TPSA) is 62.7 Å². The van der Waals surface area contributed by atoms with Crippen molar-refractivity contribution >= 4 is 17.3 Å². The van der Waals surface area contributed by atoms with Crippen LogP contribution >= 0.6 is 11.3 Å². The lowest BCUT2D eigenvalue weighted by Crippen LogP contribution is -2.38. The summed E-state index contributed by atoms with van der Waals surface area (Å²) in [5, 5.41) is 11.9. The molecule has 1 aromatic heterocycles. The minimum atomic E-state index is -0.951. The zero-order valence-corrected chi connectivity index (χ0v) is 12.4. The maximum atomic E-state index is 11.2. The van der Waals surface area contributed by atoms with Gasteiger partial charge in [0, 0.05) is 18.5 Å². The van der Waals surface area contributed by atoms with E-state index in [4.69, 9.17) is 4.74 Å². The predicted molar refractivity (Wildman–Crippen MR) is 73.6 cm³/mol. The molecule has 0 aromatic carbocycles. The number of aliphatic carboxylic acids is 1. The summed E-state index contributed by atoms with van der Waals surface area (Å²) in [5.74, 6) is -0.857. The van der Waals surface area contributed by atoms with E-state index < -0.39 is 11.4 Å². The van der Waals surface area contributed by atoms with Gasteiger partial charge in [0.25, 0.3) is 0 Å². The van der Waals surface area contributed by atoms with Crippen LogP contribution in [0.2, 0.25) is 0 Å². The quantitative estimate of drug-likeness (QED) is 0.915. The van der Waals surface area contributed by atoms with Crippen molar-refractivity contribution in [3.05, 3.63) is 16.1 Å². The second-order valence-corrected chi connectivity index (χ2v) is 6.14. The highest BCUT2D eigenvalue weighted by atomic mass is 32.1. The fraction of sp³-hybridized carbons (Fsp3) is 0.692. The van der Waals surface area contributed by atoms with Crippen molar-refractivity contribution < 1.29 is 14.6 Å². The SMILES string of the molecule is CCN1CCOC(c2nc(C(C)(C)C(=O)O)cs2)C1. The van der Waals surface area contributed by atoms with Crippen LogP contribution in [0.15, 0.2) is 5.38 Å². The first-order chi connectivity index (χ1) is 8.95. The van der Waals surface area contributed by atoms with E-state index in [1.54, 1.807) is 13.8 Å². The van der Waals surface area contributed by atoms with Gasteiger partial charge >= 0.3 is 5.97 Å². The molecule has 2 heterocycles. The fourth-order valence-electron chi connectivity index (χ4n) is 1.97. The summed E-state index contributed by atoms with van der Waals surface area (Å²) in [6.07, 6.45) is -0.0305. The van der Waals surface area contributed by atoms with Crippen LogP contribution in [0.3, 0.4) is 0 Å². The molecule has 6 heteroatoms. The second kappa shape index (κ2) is 5.56. The Kier molecular flexibility index (Phi) is 4.23. The molecule has 1 aliphatic heterocycles. The van der Waals surface area contributed by atoms with E-state index in [1.807, 2.05) is 5.38 Å². The monoisotopic (exact) mass is 284 g/mol. The number of ether oxygens (including phenoxy) is 1. The summed E-state index contributed by atoms with van der Waals surface area (Å²) < 4.78 is 5.74. The zero-order valence-electron chi connectivity index (χ0n) is 11.5. The van der Waals surface area contributed by atoms with Crippen molar-refractivity contribution in [2.45, 2.75) is 32.3 Å². The number of aromatic nitrogens is 1. The molecule has 19 heavy (non-hydrogen) atoms. The maximum absolute atomic E-state index is 11.2. The molecule has 1 aromatic rings. The van der Waals surface area contributed by atoms with Gasteiger partial charge in [0.15, 0.2) is 0 Å². The van der Waals surface area contributed by atoms with Gasteiger partial charge in [0.2, 0.25) is 0 Å². The molecule has 1 saturated heterocycles. The van der Waals surface area contributed by atoms with Crippen molar-refractivity contribution in [3.63, 3.8) is 0 Å². The van der Waals surface area contributed by atoms with Crippen LogP contribution in [-0.2, 0) is 14.9 Å². The lowest BCUT2D eigenvalue weighted by molar-refractivity contribution is -0.142. The van der Waals surface area contributed by atoms with E-state index >= 15 is 0 Å². The molecule has 0 radical (unpaired) electrons. The van der Waals surface area contributed by atoms with Gasteiger partial charge in [0.1, 0.15) is 16.5 Å². The molecular weight excluding hydrogens is 264 g/mol. The van der Waals surface area contributed by atoms with E-state index in [1.165, 1.54) is 11.3 Å². The highest BCUT2D eigenvalue weighted by molar-refractivity contribution is 7.09. The fourth-order valence-corrected chi connectivity index (χ4v) is 3.00. The number of morpholine rings is 1. The first-order valence-corrected chi connectivity index (χ1v) is 7.36. The summed E-state index contributed by atoms with van der Waals surface area (Å²) in [4.78, 5) is 18.0. The predicted octanol–water partition coefficient (Wildman–Crippen LogP) is 1.90. The number of carboxylic acid groups (broad SMARTS) is 1. The Hall–Kier alpha value is -0.980. The Labute approximate surface area is 117 Å². The summed E-state index contributed by atoms with van der Waals surface area (Å²) in [6.45, 7) is 8.96. The van der Waals surface area contributed by atoms with Gasteiger partial charge < -0.3 is 9.84 Å². The number of nitrogens with zero attached hydrogens (tertiary/aromatic N) is 2. The van der Waals surface area contributed by atoms with E-state index in [0.29, 0.717) is 12.3 Å². The minimum Gasteiger partial charge on any atom is -0.481 e. The second-order valence-electron chi connectivity index (χ2n) is 5.25. The van der Waals surface area contributed by atoms with Crippen molar-refractivity contribution in [2.75, 3.05) is 26.2 Å². The summed E-state index contributed by atoms with van der Waals surface area (Å²) >= 11 is 1.49. The van der Waals surface area contributed by atoms with Crippen LogP contribution in [0.5, 0.6) is 0 Å². The zero-order chi connectivity index (χ0) is 14.0. The summed E-state index contributed by atoms with van der Waals surface area (Å²) in [6, 6.07) is 0. The number of carbonyl (C=O) groups is 1. The van der Waals surface area contributed by atoms with E-state index in [0.717, 1.165) is 24.6 Å². The molecule has 5 nitrogen and oxygen atoms in total. The molecule has 1 aliphatic rings. The third-order valence-electron chi connectivity index (χ3n) is 3.57. The van der Waals surface area contributed by atoms with Crippen LogP contribution in [0.25, 0.3) is 0 Å². The Morgan fingerprint density at radius 3 is 3.05 bits per heavy atom. The van der Waals surface area contributed by atoms with Gasteiger partial charge in [-0.05, 0) is 20.4 Å². The average Bonchev–Trinajstić information content (AvgIpc) is 2.89. The van der Waals surface area contributed by atoms with E-state index in [2.05, 4.69) is 16.8 Å². The molecule has 1 atom stereocenters. The third-order valence-corrected chi connectivity index (χ3v) is 4.51. The van der Waals surface area contributed by atoms with Crippen molar-refractivity contribution in [1.82, 2.24) is 9.88 Å². The maximum Gasteiger partial charge on any atom is 0.315 e.